The smallest absolute Gasteiger partial charge is 0.388 e. The van der Waals surface area contributed by atoms with E-state index in [2.05, 4.69) is 15.7 Å². The second-order valence-corrected chi connectivity index (χ2v) is 15.2. The Kier molecular flexibility index (Phi) is 14.7. The molecule has 1 heterocycles. The van der Waals surface area contributed by atoms with E-state index in [1.807, 2.05) is 56.3 Å². The van der Waals surface area contributed by atoms with Gasteiger partial charge >= 0.3 is 7.75 Å². The van der Waals surface area contributed by atoms with Gasteiger partial charge in [0.15, 0.2) is 0 Å². The fourth-order valence-electron chi connectivity index (χ4n) is 6.99. The van der Waals surface area contributed by atoms with Crippen LogP contribution in [0.15, 0.2) is 42.5 Å². The van der Waals surface area contributed by atoms with Crippen LogP contribution in [0.1, 0.15) is 91.0 Å². The molecule has 5 atom stereocenters. The number of benzene rings is 2. The number of hydrogen-bond acceptors (Lipinski definition) is 7. The Balaban J connectivity index is 1.58. The number of carbonyl (C=O) groups is 2. The van der Waals surface area contributed by atoms with E-state index in [1.165, 1.54) is 6.42 Å². The van der Waals surface area contributed by atoms with E-state index >= 15 is 0 Å². The van der Waals surface area contributed by atoms with Gasteiger partial charge in [0.2, 0.25) is 11.8 Å². The highest BCUT2D eigenvalue weighted by molar-refractivity contribution is 7.51. The number of ether oxygens (including phenoxy) is 1. The Labute approximate surface area is 280 Å². The molecule has 0 radical (unpaired) electrons. The van der Waals surface area contributed by atoms with Crippen molar-refractivity contribution >= 4 is 30.3 Å². The lowest BCUT2D eigenvalue weighted by molar-refractivity contribution is -0.131. The minimum absolute atomic E-state index is 0.0911. The fourth-order valence-corrected chi connectivity index (χ4v) is 8.48. The number of fused-ring (bicyclic) bond motifs is 1. The van der Waals surface area contributed by atoms with Gasteiger partial charge < -0.3 is 20.5 Å². The molecule has 2 aromatic carbocycles. The topological polar surface area (TPSA) is 135 Å². The van der Waals surface area contributed by atoms with Crippen molar-refractivity contribution in [3.05, 3.63) is 48.0 Å². The van der Waals surface area contributed by atoms with E-state index in [0.29, 0.717) is 25.4 Å². The predicted molar refractivity (Wildman–Crippen MR) is 185 cm³/mol. The zero-order valence-electron chi connectivity index (χ0n) is 28.6. The third-order valence-electron chi connectivity index (χ3n) is 9.27. The van der Waals surface area contributed by atoms with Crippen LogP contribution in [0.25, 0.3) is 10.8 Å². The van der Waals surface area contributed by atoms with Crippen molar-refractivity contribution in [2.24, 2.45) is 11.8 Å². The number of hydrogen-bond donors (Lipinski definition) is 4. The lowest BCUT2D eigenvalue weighted by Crippen LogP contribution is -2.57. The molecule has 0 spiro atoms. The highest BCUT2D eigenvalue weighted by atomic mass is 31.2. The van der Waals surface area contributed by atoms with Crippen LogP contribution in [0.3, 0.4) is 0 Å². The van der Waals surface area contributed by atoms with Gasteiger partial charge in [0.05, 0.1) is 25.4 Å². The third kappa shape index (κ3) is 11.1. The molecule has 0 bridgehead atoms. The predicted octanol–water partition coefficient (Wildman–Crippen LogP) is 6.05. The largest absolute Gasteiger partial charge is 0.406 e. The molecule has 2 aromatic rings. The summed E-state index contributed by atoms with van der Waals surface area (Å²) in [4.78, 5) is 28.2. The van der Waals surface area contributed by atoms with Crippen LogP contribution in [-0.4, -0.2) is 67.1 Å². The standard InChI is InChI=1S/C36H56N3O7P/c1-5-45-47(43,46-6-2)39-32(24-28-18-12-17-27-16-10-11-19-29(27)28)36(42)38-31(22-25(3)4)35(41)37-30(23-26-14-8-7-9-15-26)34(40)33-20-13-21-44-33/h10-12,16-19,25-26,30-34,40H,5-9,13-15,20-24H2,1-4H3,(H,37,41)(H,38,42)(H,39,43)/t30-,31-,32-,33-,34+/m0/s1. The van der Waals surface area contributed by atoms with Gasteiger partial charge in [0.25, 0.3) is 0 Å². The summed E-state index contributed by atoms with van der Waals surface area (Å²) in [7, 11) is -3.85. The molecule has 2 amide bonds. The molecule has 1 saturated carbocycles. The lowest BCUT2D eigenvalue weighted by atomic mass is 9.82. The molecular formula is C36H56N3O7P. The summed E-state index contributed by atoms with van der Waals surface area (Å²) >= 11 is 0. The van der Waals surface area contributed by atoms with E-state index in [-0.39, 0.29) is 37.6 Å². The second kappa shape index (κ2) is 18.4. The van der Waals surface area contributed by atoms with Gasteiger partial charge in [-0.1, -0.05) is 88.4 Å². The summed E-state index contributed by atoms with van der Waals surface area (Å²) in [5, 5.41) is 22.4. The highest BCUT2D eigenvalue weighted by Gasteiger charge is 2.37. The van der Waals surface area contributed by atoms with Crippen LogP contribution >= 0.6 is 7.75 Å². The minimum Gasteiger partial charge on any atom is -0.388 e. The van der Waals surface area contributed by atoms with Crippen LogP contribution in [0, 0.1) is 11.8 Å². The molecular weight excluding hydrogens is 617 g/mol. The molecule has 262 valence electrons. The van der Waals surface area contributed by atoms with E-state index in [0.717, 1.165) is 54.9 Å². The number of amides is 2. The van der Waals surface area contributed by atoms with Crippen molar-refractivity contribution in [3.8, 4) is 0 Å². The van der Waals surface area contributed by atoms with Gasteiger partial charge in [-0.2, -0.15) is 0 Å². The van der Waals surface area contributed by atoms with Crippen LogP contribution in [0.4, 0.5) is 0 Å². The zero-order valence-corrected chi connectivity index (χ0v) is 29.5. The normalized spacial score (nSPS) is 20.2. The SMILES string of the molecule is CCOP(=O)(N[C@@H](Cc1cccc2ccccc12)C(=O)N[C@@H](CC(C)C)C(=O)N[C@@H](CC1CCCCC1)[C@@H](O)[C@@H]1CCCO1)OCC. The molecule has 1 aliphatic heterocycles. The zero-order chi connectivity index (χ0) is 33.8. The molecule has 2 aliphatic rings. The summed E-state index contributed by atoms with van der Waals surface area (Å²) in [5.74, 6) is -0.314. The third-order valence-corrected chi connectivity index (χ3v) is 11.1. The number of aliphatic hydroxyl groups excluding tert-OH is 1. The average molecular weight is 674 g/mol. The Hall–Kier alpha value is -2.33. The molecule has 4 N–H and O–H groups in total. The molecule has 11 heteroatoms. The maximum atomic E-state index is 14.2. The van der Waals surface area contributed by atoms with Gasteiger partial charge in [0, 0.05) is 6.61 Å². The molecule has 1 saturated heterocycles. The number of carbonyl (C=O) groups excluding carboxylic acids is 2. The highest BCUT2D eigenvalue weighted by Crippen LogP contribution is 2.44. The van der Waals surface area contributed by atoms with Crippen LogP contribution < -0.4 is 15.7 Å². The van der Waals surface area contributed by atoms with Crippen molar-refractivity contribution in [1.82, 2.24) is 15.7 Å². The first-order valence-electron chi connectivity index (χ1n) is 17.7. The Morgan fingerprint density at radius 3 is 2.26 bits per heavy atom. The van der Waals surface area contributed by atoms with E-state index in [4.69, 9.17) is 13.8 Å². The molecule has 2 fully saturated rings. The Bertz CT molecular complexity index is 1310. The first-order valence-corrected chi connectivity index (χ1v) is 19.2. The second-order valence-electron chi connectivity index (χ2n) is 13.4. The van der Waals surface area contributed by atoms with Crippen LogP contribution in [-0.2, 0) is 34.4 Å². The van der Waals surface area contributed by atoms with Gasteiger partial charge in [-0.25, -0.2) is 9.65 Å². The molecule has 0 aromatic heterocycles. The summed E-state index contributed by atoms with van der Waals surface area (Å²) in [5.41, 5.74) is 0.882. The first-order chi connectivity index (χ1) is 22.6. The Morgan fingerprint density at radius 2 is 1.60 bits per heavy atom. The van der Waals surface area contributed by atoms with Crippen molar-refractivity contribution in [2.75, 3.05) is 19.8 Å². The van der Waals surface area contributed by atoms with Gasteiger partial charge in [-0.15, -0.1) is 0 Å². The Morgan fingerprint density at radius 1 is 0.915 bits per heavy atom. The molecule has 1 aliphatic carbocycles. The van der Waals surface area contributed by atoms with Gasteiger partial charge in [-0.3, -0.25) is 18.6 Å². The molecule has 47 heavy (non-hydrogen) atoms. The van der Waals surface area contributed by atoms with Crippen molar-refractivity contribution < 1.29 is 33.0 Å². The van der Waals surface area contributed by atoms with E-state index in [9.17, 15) is 19.3 Å². The van der Waals surface area contributed by atoms with Crippen molar-refractivity contribution in [2.45, 2.75) is 122 Å². The van der Waals surface area contributed by atoms with Crippen LogP contribution in [0.5, 0.6) is 0 Å². The maximum absolute atomic E-state index is 14.2. The number of rotatable bonds is 18. The van der Waals surface area contributed by atoms with Gasteiger partial charge in [0.1, 0.15) is 18.2 Å². The first kappa shape index (κ1) is 37.5. The lowest BCUT2D eigenvalue weighted by Gasteiger charge is -2.34. The summed E-state index contributed by atoms with van der Waals surface area (Å²) < 4.78 is 30.5. The quantitative estimate of drug-likeness (QED) is 0.141. The number of nitrogens with one attached hydrogen (secondary N) is 3. The average Bonchev–Trinajstić information content (AvgIpc) is 3.59. The summed E-state index contributed by atoms with van der Waals surface area (Å²) in [6.07, 6.45) is 7.44. The monoisotopic (exact) mass is 673 g/mol. The van der Waals surface area contributed by atoms with Gasteiger partial charge in [-0.05, 0) is 74.1 Å². The summed E-state index contributed by atoms with van der Waals surface area (Å²) in [6, 6.07) is 11.4. The fraction of sp³-hybridized carbons (Fsp3) is 0.667. The summed E-state index contributed by atoms with van der Waals surface area (Å²) in [6.45, 7) is 8.28. The maximum Gasteiger partial charge on any atom is 0.406 e. The minimum atomic E-state index is -3.85. The van der Waals surface area contributed by atoms with E-state index in [1.54, 1.807) is 13.8 Å². The number of aliphatic hydroxyl groups is 1. The molecule has 4 rings (SSSR count). The molecule has 10 nitrogen and oxygen atoms in total. The molecule has 0 unspecified atom stereocenters. The van der Waals surface area contributed by atoms with Crippen molar-refractivity contribution in [1.29, 1.82) is 0 Å². The van der Waals surface area contributed by atoms with Crippen molar-refractivity contribution in [3.63, 3.8) is 0 Å². The van der Waals surface area contributed by atoms with E-state index < -0.39 is 37.9 Å². The van der Waals surface area contributed by atoms with Crippen LogP contribution in [0.2, 0.25) is 0 Å².